The number of amides is 1. The van der Waals surface area contributed by atoms with Crippen molar-refractivity contribution >= 4 is 38.9 Å². The van der Waals surface area contributed by atoms with Crippen LogP contribution in [0.5, 0.6) is 0 Å². The molecule has 0 saturated carbocycles. The first-order valence-corrected chi connectivity index (χ1v) is 14.4. The average molecular weight is 608 g/mol. The molecule has 1 aromatic carbocycles. The molecular formula is C23H25ClF3N5O5S2. The molecule has 4 rings (SSSR count). The summed E-state index contributed by atoms with van der Waals surface area (Å²) in [4.78, 5) is 18.3. The minimum absolute atomic E-state index is 0.0216. The molecule has 10 nitrogen and oxygen atoms in total. The Hall–Kier alpha value is -2.59. The van der Waals surface area contributed by atoms with Gasteiger partial charge in [0, 0.05) is 37.5 Å². The van der Waals surface area contributed by atoms with Crippen molar-refractivity contribution in [3.63, 3.8) is 0 Å². The second-order valence-electron chi connectivity index (χ2n) is 9.83. The summed E-state index contributed by atoms with van der Waals surface area (Å²) in [6.45, 7) is 5.51. The standard InChI is InChI=1S/C23H25ClF3N5O5S2/c1-11(2)31-39(35,36)13-6-5-12(14(24)15(13)25)17-16(20(33)32-9-7-23(26,27)8-10-32)28-19(38-17)18-29-30-21(37-18)22(3,4)34/h5-6,11,31,34H,7-10H2,1-4H3. The van der Waals surface area contributed by atoms with Crippen molar-refractivity contribution < 1.29 is 35.9 Å². The maximum absolute atomic E-state index is 15.3. The summed E-state index contributed by atoms with van der Waals surface area (Å²) in [6, 6.07) is 1.73. The molecule has 1 aliphatic rings. The SMILES string of the molecule is CC(C)NS(=O)(=O)c1ccc(-c2sc(-c3nnc(C(C)(C)O)o3)nc2C(=O)N2CCC(F)(F)CC2)c(Cl)c1F. The maximum atomic E-state index is 15.3. The van der Waals surface area contributed by atoms with Gasteiger partial charge in [0.1, 0.15) is 16.2 Å². The predicted octanol–water partition coefficient (Wildman–Crippen LogP) is 4.44. The van der Waals surface area contributed by atoms with Gasteiger partial charge < -0.3 is 14.4 Å². The molecule has 212 valence electrons. The van der Waals surface area contributed by atoms with Gasteiger partial charge in [-0.05, 0) is 33.8 Å². The van der Waals surface area contributed by atoms with Crippen LogP contribution in [-0.4, -0.2) is 64.6 Å². The quantitative estimate of drug-likeness (QED) is 0.402. The van der Waals surface area contributed by atoms with Gasteiger partial charge >= 0.3 is 0 Å². The van der Waals surface area contributed by atoms with Crippen LogP contribution in [0.25, 0.3) is 21.3 Å². The lowest BCUT2D eigenvalue weighted by Gasteiger charge is -2.31. The zero-order valence-electron chi connectivity index (χ0n) is 21.3. The summed E-state index contributed by atoms with van der Waals surface area (Å²) in [6.07, 6.45) is -1.07. The Morgan fingerprint density at radius 1 is 1.26 bits per heavy atom. The van der Waals surface area contributed by atoms with Crippen LogP contribution in [0.2, 0.25) is 5.02 Å². The molecule has 0 aliphatic carbocycles. The number of nitrogens with zero attached hydrogens (tertiary/aromatic N) is 4. The number of sulfonamides is 1. The summed E-state index contributed by atoms with van der Waals surface area (Å²) in [5.74, 6) is -5.13. The number of alkyl halides is 2. The van der Waals surface area contributed by atoms with E-state index in [-0.39, 0.29) is 46.0 Å². The zero-order chi connectivity index (χ0) is 28.9. The van der Waals surface area contributed by atoms with Gasteiger partial charge in [0.05, 0.1) is 9.90 Å². The Morgan fingerprint density at radius 3 is 2.46 bits per heavy atom. The Bertz CT molecular complexity index is 1510. The highest BCUT2D eigenvalue weighted by Crippen LogP contribution is 2.42. The first-order valence-electron chi connectivity index (χ1n) is 11.8. The molecule has 1 fully saturated rings. The molecule has 0 bridgehead atoms. The third-order valence-electron chi connectivity index (χ3n) is 5.72. The number of piperidine rings is 1. The van der Waals surface area contributed by atoms with Crippen molar-refractivity contribution in [3.8, 4) is 21.3 Å². The van der Waals surface area contributed by atoms with Crippen molar-refractivity contribution in [3.05, 3.63) is 34.6 Å². The topological polar surface area (TPSA) is 139 Å². The van der Waals surface area contributed by atoms with E-state index in [2.05, 4.69) is 19.9 Å². The third-order valence-corrected chi connectivity index (χ3v) is 8.84. The van der Waals surface area contributed by atoms with Crippen molar-refractivity contribution in [1.29, 1.82) is 0 Å². The Balaban J connectivity index is 1.82. The monoisotopic (exact) mass is 607 g/mol. The fourth-order valence-electron chi connectivity index (χ4n) is 3.77. The van der Waals surface area contributed by atoms with Crippen LogP contribution in [0.15, 0.2) is 21.4 Å². The van der Waals surface area contributed by atoms with Crippen LogP contribution < -0.4 is 4.72 Å². The predicted molar refractivity (Wildman–Crippen MR) is 137 cm³/mol. The molecule has 1 amide bonds. The van der Waals surface area contributed by atoms with Crippen LogP contribution in [0, 0.1) is 5.82 Å². The van der Waals surface area contributed by atoms with E-state index in [4.69, 9.17) is 16.0 Å². The van der Waals surface area contributed by atoms with Crippen molar-refractivity contribution in [2.24, 2.45) is 0 Å². The van der Waals surface area contributed by atoms with E-state index >= 15 is 4.39 Å². The third kappa shape index (κ3) is 6.11. The van der Waals surface area contributed by atoms with Gasteiger partial charge in [0.2, 0.25) is 15.9 Å². The van der Waals surface area contributed by atoms with E-state index < -0.39 is 62.1 Å². The second kappa shape index (κ2) is 10.4. The van der Waals surface area contributed by atoms with Gasteiger partial charge in [-0.2, -0.15) is 0 Å². The normalized spacial score (nSPS) is 16.2. The summed E-state index contributed by atoms with van der Waals surface area (Å²) in [7, 11) is -4.24. The fourth-order valence-corrected chi connectivity index (χ4v) is 6.49. The van der Waals surface area contributed by atoms with E-state index in [0.29, 0.717) is 0 Å². The number of rotatable bonds is 7. The van der Waals surface area contributed by atoms with Crippen molar-refractivity contribution in [1.82, 2.24) is 24.8 Å². The van der Waals surface area contributed by atoms with E-state index in [9.17, 15) is 27.1 Å². The minimum Gasteiger partial charge on any atom is -0.415 e. The molecule has 3 aromatic rings. The smallest absolute Gasteiger partial charge is 0.276 e. The number of carbonyl (C=O) groups is 1. The zero-order valence-corrected chi connectivity index (χ0v) is 23.6. The van der Waals surface area contributed by atoms with Gasteiger partial charge in [0.25, 0.3) is 17.7 Å². The Labute approximate surface area is 231 Å². The molecule has 2 aromatic heterocycles. The van der Waals surface area contributed by atoms with Gasteiger partial charge in [-0.3, -0.25) is 4.79 Å². The summed E-state index contributed by atoms with van der Waals surface area (Å²) in [5.41, 5.74) is -1.75. The number of hydrogen-bond acceptors (Lipinski definition) is 9. The average Bonchev–Trinajstić information content (AvgIpc) is 3.47. The molecule has 0 unspecified atom stereocenters. The Kier molecular flexibility index (Phi) is 7.86. The number of carbonyl (C=O) groups excluding carboxylic acids is 1. The molecule has 0 radical (unpaired) electrons. The lowest BCUT2D eigenvalue weighted by atomic mass is 10.1. The lowest BCUT2D eigenvalue weighted by molar-refractivity contribution is -0.0494. The fraction of sp³-hybridized carbons (Fsp3) is 0.478. The van der Waals surface area contributed by atoms with Gasteiger partial charge in [-0.15, -0.1) is 21.5 Å². The molecule has 2 N–H and O–H groups in total. The molecular weight excluding hydrogens is 583 g/mol. The molecule has 0 spiro atoms. The highest BCUT2D eigenvalue weighted by atomic mass is 35.5. The number of thiazole rings is 1. The number of halogens is 4. The molecule has 1 saturated heterocycles. The molecule has 1 aliphatic heterocycles. The van der Waals surface area contributed by atoms with Crippen molar-refractivity contribution in [2.45, 2.75) is 63.0 Å². The second-order valence-corrected chi connectivity index (χ2v) is 12.9. The highest BCUT2D eigenvalue weighted by molar-refractivity contribution is 7.89. The van der Waals surface area contributed by atoms with Crippen LogP contribution in [0.1, 0.15) is 56.9 Å². The highest BCUT2D eigenvalue weighted by Gasteiger charge is 2.38. The largest absolute Gasteiger partial charge is 0.415 e. The number of aromatic nitrogens is 3. The molecule has 0 atom stereocenters. The number of nitrogens with one attached hydrogen (secondary N) is 1. The summed E-state index contributed by atoms with van der Waals surface area (Å²) in [5, 5.41) is 17.2. The van der Waals surface area contributed by atoms with Crippen LogP contribution in [0.3, 0.4) is 0 Å². The summed E-state index contributed by atoms with van der Waals surface area (Å²) >= 11 is 7.13. The van der Waals surface area contributed by atoms with Gasteiger partial charge in [-0.1, -0.05) is 17.7 Å². The maximum Gasteiger partial charge on any atom is 0.276 e. The molecule has 3 heterocycles. The van der Waals surface area contributed by atoms with E-state index in [1.54, 1.807) is 13.8 Å². The molecule has 16 heteroatoms. The number of benzene rings is 1. The Morgan fingerprint density at radius 2 is 1.90 bits per heavy atom. The molecule has 39 heavy (non-hydrogen) atoms. The van der Waals surface area contributed by atoms with Gasteiger partial charge in [0.15, 0.2) is 10.8 Å². The minimum atomic E-state index is -4.24. The lowest BCUT2D eigenvalue weighted by Crippen LogP contribution is -2.43. The number of hydrogen-bond donors (Lipinski definition) is 2. The first-order chi connectivity index (χ1) is 18.0. The van der Waals surface area contributed by atoms with E-state index in [1.165, 1.54) is 24.8 Å². The van der Waals surface area contributed by atoms with Gasteiger partial charge in [-0.25, -0.2) is 31.3 Å². The van der Waals surface area contributed by atoms with Crippen LogP contribution >= 0.6 is 22.9 Å². The van der Waals surface area contributed by atoms with Crippen molar-refractivity contribution in [2.75, 3.05) is 13.1 Å². The van der Waals surface area contributed by atoms with Crippen LogP contribution in [0.4, 0.5) is 13.2 Å². The summed E-state index contributed by atoms with van der Waals surface area (Å²) < 4.78 is 75.7. The number of aliphatic hydroxyl groups is 1. The van der Waals surface area contributed by atoms with Crippen LogP contribution in [-0.2, 0) is 15.6 Å². The first kappa shape index (κ1) is 29.4. The number of likely N-dealkylation sites (tertiary alicyclic amines) is 1. The van der Waals surface area contributed by atoms with E-state index in [0.717, 1.165) is 17.4 Å². The van der Waals surface area contributed by atoms with E-state index in [1.807, 2.05) is 0 Å².